The third-order valence-electron chi connectivity index (χ3n) is 3.68. The van der Waals surface area contributed by atoms with Crippen LogP contribution < -0.4 is 5.32 Å². The molecule has 1 amide bonds. The van der Waals surface area contributed by atoms with Gasteiger partial charge in [-0.05, 0) is 39.7 Å². The van der Waals surface area contributed by atoms with Crippen molar-refractivity contribution in [2.45, 2.75) is 76.2 Å². The van der Waals surface area contributed by atoms with Crippen molar-refractivity contribution in [1.29, 1.82) is 0 Å². The minimum absolute atomic E-state index is 0.0931. The summed E-state index contributed by atoms with van der Waals surface area (Å²) in [6, 6.07) is 0. The van der Waals surface area contributed by atoms with Gasteiger partial charge in [0.25, 0.3) is 0 Å². The number of carbonyl (C=O) groups is 1. The monoisotopic (exact) mass is 335 g/mol. The molecule has 0 saturated carbocycles. The van der Waals surface area contributed by atoms with Crippen molar-refractivity contribution in [3.63, 3.8) is 0 Å². The van der Waals surface area contributed by atoms with Crippen LogP contribution in [0.15, 0.2) is 0 Å². The molecule has 124 valence electrons. The average Bonchev–Trinajstić information content (AvgIpc) is 2.19. The lowest BCUT2D eigenvalue weighted by atomic mass is 9.85. The standard InChI is InChI=1S/C14H29NO4SSi/c1-12(2,3)20(17,18)11-9(10(16)15-11)14(7,8)19-21-13(4,5)6/h9,11H,21H2,1-8H3,(H,15,16). The highest BCUT2D eigenvalue weighted by atomic mass is 32.2. The van der Waals surface area contributed by atoms with E-state index in [-0.39, 0.29) is 10.9 Å². The molecule has 0 aromatic carbocycles. The summed E-state index contributed by atoms with van der Waals surface area (Å²) in [5, 5.41) is 1.79. The summed E-state index contributed by atoms with van der Waals surface area (Å²) in [6.07, 6.45) is 0. The number of carbonyl (C=O) groups excluding carboxylic acids is 1. The number of hydrogen-bond donors (Lipinski definition) is 1. The van der Waals surface area contributed by atoms with Crippen LogP contribution in [0.1, 0.15) is 55.4 Å². The molecule has 1 saturated heterocycles. The molecule has 2 unspecified atom stereocenters. The normalized spacial score (nSPS) is 25.0. The lowest BCUT2D eigenvalue weighted by molar-refractivity contribution is -0.141. The van der Waals surface area contributed by atoms with Gasteiger partial charge in [-0.3, -0.25) is 4.79 Å². The Kier molecular flexibility index (Phi) is 4.75. The maximum Gasteiger partial charge on any atom is 0.230 e. The van der Waals surface area contributed by atoms with Crippen LogP contribution in [0.2, 0.25) is 5.04 Å². The first-order valence-electron chi connectivity index (χ1n) is 7.27. The number of amides is 1. The van der Waals surface area contributed by atoms with Crippen LogP contribution in [0, 0.1) is 5.92 Å². The molecule has 1 fully saturated rings. The van der Waals surface area contributed by atoms with Crippen molar-refractivity contribution in [3.8, 4) is 0 Å². The Morgan fingerprint density at radius 1 is 1.05 bits per heavy atom. The molecule has 1 N–H and O–H groups in total. The fourth-order valence-electron chi connectivity index (χ4n) is 2.16. The van der Waals surface area contributed by atoms with Crippen LogP contribution in [-0.2, 0) is 19.1 Å². The summed E-state index contributed by atoms with van der Waals surface area (Å²) < 4.78 is 30.3. The van der Waals surface area contributed by atoms with Crippen LogP contribution in [-0.4, -0.2) is 39.8 Å². The van der Waals surface area contributed by atoms with Gasteiger partial charge in [-0.25, -0.2) is 8.42 Å². The second-order valence-electron chi connectivity index (χ2n) is 8.52. The zero-order valence-corrected chi connectivity index (χ0v) is 16.6. The molecule has 0 aromatic heterocycles. The van der Waals surface area contributed by atoms with Gasteiger partial charge in [-0.1, -0.05) is 20.8 Å². The van der Waals surface area contributed by atoms with Gasteiger partial charge < -0.3 is 9.74 Å². The topological polar surface area (TPSA) is 72.5 Å². The minimum Gasteiger partial charge on any atom is -0.418 e. The summed E-state index contributed by atoms with van der Waals surface area (Å²) >= 11 is 0. The van der Waals surface area contributed by atoms with Gasteiger partial charge in [0, 0.05) is 0 Å². The Balaban J connectivity index is 2.98. The van der Waals surface area contributed by atoms with E-state index in [0.717, 1.165) is 0 Å². The molecule has 7 heteroatoms. The van der Waals surface area contributed by atoms with E-state index in [0.29, 0.717) is 0 Å². The Morgan fingerprint density at radius 3 is 1.86 bits per heavy atom. The van der Waals surface area contributed by atoms with Crippen molar-refractivity contribution in [3.05, 3.63) is 0 Å². The molecule has 1 heterocycles. The van der Waals surface area contributed by atoms with Crippen LogP contribution in [0.5, 0.6) is 0 Å². The van der Waals surface area contributed by atoms with Crippen LogP contribution in [0.3, 0.4) is 0 Å². The quantitative estimate of drug-likeness (QED) is 0.622. The Morgan fingerprint density at radius 2 is 1.52 bits per heavy atom. The van der Waals surface area contributed by atoms with E-state index in [1.807, 2.05) is 13.8 Å². The van der Waals surface area contributed by atoms with Gasteiger partial charge in [0.15, 0.2) is 19.6 Å². The molecular weight excluding hydrogens is 306 g/mol. The van der Waals surface area contributed by atoms with Gasteiger partial charge in [0.1, 0.15) is 5.37 Å². The van der Waals surface area contributed by atoms with E-state index in [2.05, 4.69) is 26.1 Å². The van der Waals surface area contributed by atoms with Gasteiger partial charge in [0.05, 0.1) is 16.3 Å². The van der Waals surface area contributed by atoms with Crippen LogP contribution in [0.4, 0.5) is 0 Å². The molecule has 1 aliphatic heterocycles. The van der Waals surface area contributed by atoms with Crippen molar-refractivity contribution in [1.82, 2.24) is 5.32 Å². The molecule has 0 radical (unpaired) electrons. The van der Waals surface area contributed by atoms with E-state index < -0.39 is 41.2 Å². The highest BCUT2D eigenvalue weighted by Crippen LogP contribution is 2.38. The molecule has 0 spiro atoms. The van der Waals surface area contributed by atoms with E-state index in [4.69, 9.17) is 4.43 Å². The lowest BCUT2D eigenvalue weighted by Crippen LogP contribution is -2.70. The first kappa shape index (κ1) is 18.6. The Labute approximate surface area is 131 Å². The molecule has 0 aliphatic carbocycles. The second kappa shape index (κ2) is 5.35. The molecule has 0 aromatic rings. The highest BCUT2D eigenvalue weighted by molar-refractivity contribution is 7.93. The zero-order valence-electron chi connectivity index (χ0n) is 14.4. The van der Waals surface area contributed by atoms with Crippen molar-refractivity contribution in [2.24, 2.45) is 5.92 Å². The Bertz CT molecular complexity index is 514. The fraction of sp³-hybridized carbons (Fsp3) is 0.929. The predicted octanol–water partition coefficient (Wildman–Crippen LogP) is 1.37. The number of β-lactam (4-membered cyclic amide) rings is 1. The largest absolute Gasteiger partial charge is 0.418 e. The molecule has 1 aliphatic rings. The highest BCUT2D eigenvalue weighted by Gasteiger charge is 2.57. The van der Waals surface area contributed by atoms with Crippen LogP contribution in [0.25, 0.3) is 0 Å². The Hall–Kier alpha value is -0.403. The molecule has 2 atom stereocenters. The van der Waals surface area contributed by atoms with E-state index in [1.54, 1.807) is 20.8 Å². The number of rotatable bonds is 4. The maximum absolute atomic E-state index is 12.6. The second-order valence-corrected chi connectivity index (χ2v) is 14.0. The lowest BCUT2D eigenvalue weighted by Gasteiger charge is -2.47. The third kappa shape index (κ3) is 3.87. The van der Waals surface area contributed by atoms with Gasteiger partial charge in [-0.2, -0.15) is 0 Å². The molecule has 1 rings (SSSR count). The van der Waals surface area contributed by atoms with Gasteiger partial charge >= 0.3 is 0 Å². The predicted molar refractivity (Wildman–Crippen MR) is 87.5 cm³/mol. The number of nitrogens with one attached hydrogen (secondary N) is 1. The summed E-state index contributed by atoms with van der Waals surface area (Å²) in [5.74, 6) is -0.877. The minimum atomic E-state index is -3.46. The average molecular weight is 336 g/mol. The van der Waals surface area contributed by atoms with Crippen molar-refractivity contribution >= 4 is 25.5 Å². The summed E-state index contributed by atoms with van der Waals surface area (Å²) in [4.78, 5) is 11.9. The summed E-state index contributed by atoms with van der Waals surface area (Å²) in [5.41, 5.74) is -0.759. The maximum atomic E-state index is 12.6. The molecule has 5 nitrogen and oxygen atoms in total. The molecule has 0 bridgehead atoms. The molecule has 21 heavy (non-hydrogen) atoms. The first-order valence-corrected chi connectivity index (χ1v) is 10.1. The van der Waals surface area contributed by atoms with Gasteiger partial charge in [-0.15, -0.1) is 0 Å². The van der Waals surface area contributed by atoms with Crippen molar-refractivity contribution in [2.75, 3.05) is 0 Å². The smallest absolute Gasteiger partial charge is 0.230 e. The first-order chi connectivity index (χ1) is 9.09. The number of sulfone groups is 1. The third-order valence-corrected chi connectivity index (χ3v) is 8.20. The molecular formula is C14H29NO4SSi. The fourth-order valence-corrected chi connectivity index (χ4v) is 4.99. The van der Waals surface area contributed by atoms with Crippen molar-refractivity contribution < 1.29 is 17.6 Å². The van der Waals surface area contributed by atoms with Gasteiger partial charge in [0.2, 0.25) is 5.91 Å². The SMILES string of the molecule is CC(C)(C)[SiH2]OC(C)(C)C1C(=O)NC1S(=O)(=O)C(C)(C)C. The zero-order chi connectivity index (χ0) is 16.9. The number of hydrogen-bond acceptors (Lipinski definition) is 4. The van der Waals surface area contributed by atoms with E-state index >= 15 is 0 Å². The van der Waals surface area contributed by atoms with Crippen LogP contribution >= 0.6 is 0 Å². The summed E-state index contributed by atoms with van der Waals surface area (Å²) in [7, 11) is -4.33. The van der Waals surface area contributed by atoms with E-state index in [9.17, 15) is 13.2 Å². The van der Waals surface area contributed by atoms with E-state index in [1.165, 1.54) is 0 Å². The summed E-state index contributed by atoms with van der Waals surface area (Å²) in [6.45, 7) is 14.9.